The standard InChI is InChI=1S/C25H20Cl2F3N3O4S/c26-18-11-19-23(22(27)21(18)16-3-1-2-4-20(16)37-25(28,29)30)32-24(31-19)17(12-34)13-5-9-15(10-6-13)38(35,36)33-14-7-8-14/h1-6,9-11,14,17,33-34H,7-8,12H2,(H,31,32). The number of ether oxygens (including phenoxy) is 1. The number of aromatic amines is 1. The van der Waals surface area contributed by atoms with E-state index < -0.39 is 28.1 Å². The van der Waals surface area contributed by atoms with Gasteiger partial charge in [-0.25, -0.2) is 18.1 Å². The molecular weight excluding hydrogens is 566 g/mol. The Kier molecular flexibility index (Phi) is 7.08. The van der Waals surface area contributed by atoms with Gasteiger partial charge in [0.15, 0.2) is 0 Å². The molecular formula is C25H20Cl2F3N3O4S. The van der Waals surface area contributed by atoms with E-state index in [9.17, 15) is 26.7 Å². The molecule has 0 bridgehead atoms. The highest BCUT2D eigenvalue weighted by molar-refractivity contribution is 7.89. The third kappa shape index (κ3) is 5.48. The molecule has 0 spiro atoms. The number of aliphatic hydroxyl groups excluding tert-OH is 1. The zero-order valence-corrected chi connectivity index (χ0v) is 21.7. The van der Waals surface area contributed by atoms with E-state index in [1.807, 2.05) is 0 Å². The molecule has 13 heteroatoms. The minimum absolute atomic E-state index is 0.00231. The summed E-state index contributed by atoms with van der Waals surface area (Å²) in [5.41, 5.74) is 1.36. The number of H-pyrrole nitrogens is 1. The van der Waals surface area contributed by atoms with Crippen LogP contribution in [0.1, 0.15) is 30.1 Å². The van der Waals surface area contributed by atoms with E-state index in [1.165, 1.54) is 36.4 Å². The van der Waals surface area contributed by atoms with E-state index in [4.69, 9.17) is 23.2 Å². The van der Waals surface area contributed by atoms with Crippen LogP contribution in [-0.4, -0.2) is 42.5 Å². The summed E-state index contributed by atoms with van der Waals surface area (Å²) >= 11 is 13.1. The van der Waals surface area contributed by atoms with Gasteiger partial charge in [0.2, 0.25) is 10.0 Å². The van der Waals surface area contributed by atoms with Crippen molar-refractivity contribution >= 4 is 44.3 Å². The Labute approximate surface area is 225 Å². The molecule has 7 nitrogen and oxygen atoms in total. The molecule has 5 rings (SSSR count). The summed E-state index contributed by atoms with van der Waals surface area (Å²) in [5, 5.41) is 10.2. The van der Waals surface area contributed by atoms with Crippen molar-refractivity contribution < 1.29 is 31.4 Å². The van der Waals surface area contributed by atoms with Gasteiger partial charge in [-0.2, -0.15) is 0 Å². The predicted molar refractivity (Wildman–Crippen MR) is 137 cm³/mol. The first kappa shape index (κ1) is 26.8. The molecule has 3 aromatic carbocycles. The quantitative estimate of drug-likeness (QED) is 0.235. The second-order valence-electron chi connectivity index (χ2n) is 8.81. The monoisotopic (exact) mass is 585 g/mol. The molecule has 38 heavy (non-hydrogen) atoms. The molecule has 0 aliphatic heterocycles. The number of nitrogens with zero attached hydrogens (tertiary/aromatic N) is 1. The maximum Gasteiger partial charge on any atom is 0.573 e. The fourth-order valence-electron chi connectivity index (χ4n) is 4.12. The third-order valence-corrected chi connectivity index (χ3v) is 8.28. The first-order valence-corrected chi connectivity index (χ1v) is 13.7. The number of hydrogen-bond acceptors (Lipinski definition) is 5. The number of alkyl halides is 3. The number of imidazole rings is 1. The van der Waals surface area contributed by atoms with Gasteiger partial charge in [-0.3, -0.25) is 0 Å². The summed E-state index contributed by atoms with van der Waals surface area (Å²) in [4.78, 5) is 7.67. The third-order valence-electron chi connectivity index (χ3n) is 6.07. The van der Waals surface area contributed by atoms with Crippen molar-refractivity contribution in [2.75, 3.05) is 6.61 Å². The SMILES string of the molecule is O=S(=O)(NC1CC1)c1ccc(C(CO)c2nc3c(Cl)c(-c4ccccc4OC(F)(F)F)c(Cl)cc3[nH]2)cc1. The summed E-state index contributed by atoms with van der Waals surface area (Å²) in [7, 11) is -3.64. The molecule has 200 valence electrons. The van der Waals surface area contributed by atoms with Crippen LogP contribution in [0.15, 0.2) is 59.5 Å². The number of rotatable bonds is 8. The Hall–Kier alpha value is -2.83. The Morgan fingerprint density at radius 2 is 1.82 bits per heavy atom. The summed E-state index contributed by atoms with van der Waals surface area (Å²) in [5.74, 6) is -0.836. The number of benzene rings is 3. The van der Waals surface area contributed by atoms with Crippen molar-refractivity contribution in [3.05, 3.63) is 76.0 Å². The largest absolute Gasteiger partial charge is 0.573 e. The number of hydrogen-bond donors (Lipinski definition) is 3. The molecule has 1 aliphatic rings. The van der Waals surface area contributed by atoms with Crippen molar-refractivity contribution in [3.8, 4) is 16.9 Å². The summed E-state index contributed by atoms with van der Waals surface area (Å²) in [6.45, 7) is -0.368. The molecule has 1 saturated carbocycles. The Morgan fingerprint density at radius 3 is 2.45 bits per heavy atom. The number of aromatic nitrogens is 2. The van der Waals surface area contributed by atoms with Crippen LogP contribution < -0.4 is 9.46 Å². The van der Waals surface area contributed by atoms with Crippen molar-refractivity contribution in [2.45, 2.75) is 36.1 Å². The number of halogens is 5. The number of para-hydroxylation sites is 1. The van der Waals surface area contributed by atoms with Gasteiger partial charge < -0.3 is 14.8 Å². The molecule has 4 aromatic rings. The zero-order chi connectivity index (χ0) is 27.2. The average molecular weight is 586 g/mol. The average Bonchev–Trinajstić information content (AvgIpc) is 3.55. The molecule has 1 heterocycles. The maximum atomic E-state index is 13.0. The Morgan fingerprint density at radius 1 is 1.13 bits per heavy atom. The lowest BCUT2D eigenvalue weighted by Gasteiger charge is -2.15. The van der Waals surface area contributed by atoms with E-state index in [-0.39, 0.29) is 44.2 Å². The van der Waals surface area contributed by atoms with Gasteiger partial charge in [0.1, 0.15) is 17.1 Å². The van der Waals surface area contributed by atoms with Crippen LogP contribution >= 0.6 is 23.2 Å². The fourth-order valence-corrected chi connectivity index (χ4v) is 6.12. The van der Waals surface area contributed by atoms with Gasteiger partial charge in [-0.05, 0) is 42.7 Å². The highest BCUT2D eigenvalue weighted by Gasteiger charge is 2.33. The van der Waals surface area contributed by atoms with Gasteiger partial charge in [0.25, 0.3) is 0 Å². The van der Waals surface area contributed by atoms with E-state index in [1.54, 1.807) is 12.1 Å². The highest BCUT2D eigenvalue weighted by atomic mass is 35.5. The van der Waals surface area contributed by atoms with Gasteiger partial charge in [0.05, 0.1) is 33.0 Å². The summed E-state index contributed by atoms with van der Waals surface area (Å²) in [6.07, 6.45) is -3.30. The number of nitrogens with one attached hydrogen (secondary N) is 2. The smallest absolute Gasteiger partial charge is 0.405 e. The molecule has 0 amide bonds. The Balaban J connectivity index is 1.51. The number of aliphatic hydroxyl groups is 1. The maximum absolute atomic E-state index is 13.0. The van der Waals surface area contributed by atoms with Gasteiger partial charge in [-0.15, -0.1) is 13.2 Å². The molecule has 1 unspecified atom stereocenters. The second-order valence-corrected chi connectivity index (χ2v) is 11.3. The van der Waals surface area contributed by atoms with Crippen LogP contribution in [0.3, 0.4) is 0 Å². The van der Waals surface area contributed by atoms with Crippen molar-refractivity contribution in [1.29, 1.82) is 0 Å². The van der Waals surface area contributed by atoms with E-state index in [0.29, 0.717) is 16.9 Å². The van der Waals surface area contributed by atoms with Crippen LogP contribution in [0.25, 0.3) is 22.2 Å². The molecule has 1 fully saturated rings. The lowest BCUT2D eigenvalue weighted by Crippen LogP contribution is -2.25. The van der Waals surface area contributed by atoms with Gasteiger partial charge in [0, 0.05) is 17.2 Å². The minimum atomic E-state index is -4.92. The molecule has 0 radical (unpaired) electrons. The first-order valence-electron chi connectivity index (χ1n) is 11.4. The van der Waals surface area contributed by atoms with Crippen molar-refractivity contribution in [2.24, 2.45) is 0 Å². The summed E-state index contributed by atoms with van der Waals surface area (Å²) in [6, 6.07) is 13.0. The molecule has 3 N–H and O–H groups in total. The van der Waals surface area contributed by atoms with Crippen molar-refractivity contribution in [3.63, 3.8) is 0 Å². The number of sulfonamides is 1. The molecule has 1 atom stereocenters. The molecule has 0 saturated heterocycles. The summed E-state index contributed by atoms with van der Waals surface area (Å²) < 4.78 is 70.6. The second kappa shape index (κ2) is 10.0. The van der Waals surface area contributed by atoms with Gasteiger partial charge in [-0.1, -0.05) is 53.5 Å². The molecule has 1 aliphatic carbocycles. The van der Waals surface area contributed by atoms with E-state index >= 15 is 0 Å². The number of fused-ring (bicyclic) bond motifs is 1. The molecule has 1 aromatic heterocycles. The van der Waals surface area contributed by atoms with Crippen LogP contribution in [0.5, 0.6) is 5.75 Å². The van der Waals surface area contributed by atoms with E-state index in [2.05, 4.69) is 19.4 Å². The predicted octanol–water partition coefficient (Wildman–Crippen LogP) is 6.00. The normalized spacial score (nSPS) is 15.1. The van der Waals surface area contributed by atoms with E-state index in [0.717, 1.165) is 18.9 Å². The van der Waals surface area contributed by atoms with Crippen LogP contribution in [0.2, 0.25) is 10.0 Å². The Bertz CT molecular complexity index is 1600. The van der Waals surface area contributed by atoms with Crippen molar-refractivity contribution in [1.82, 2.24) is 14.7 Å². The lowest BCUT2D eigenvalue weighted by molar-refractivity contribution is -0.274. The van der Waals surface area contributed by atoms with Crippen LogP contribution in [0, 0.1) is 0 Å². The van der Waals surface area contributed by atoms with Gasteiger partial charge >= 0.3 is 6.36 Å². The minimum Gasteiger partial charge on any atom is -0.405 e. The topological polar surface area (TPSA) is 104 Å². The zero-order valence-electron chi connectivity index (χ0n) is 19.4. The highest BCUT2D eigenvalue weighted by Crippen LogP contribution is 2.44. The van der Waals surface area contributed by atoms with Crippen LogP contribution in [0.4, 0.5) is 13.2 Å². The lowest BCUT2D eigenvalue weighted by atomic mass is 9.99. The first-order chi connectivity index (χ1) is 18.0. The fraction of sp³-hybridized carbons (Fsp3) is 0.240. The van der Waals surface area contributed by atoms with Crippen LogP contribution in [-0.2, 0) is 10.0 Å².